The third kappa shape index (κ3) is 3.11. The SMILES string of the molecule is CCNCc1csc(C2(OCC)CCCCC2)n1. The van der Waals surface area contributed by atoms with Crippen molar-refractivity contribution in [2.75, 3.05) is 13.2 Å². The predicted octanol–water partition coefficient (Wildman–Crippen LogP) is 3.45. The van der Waals surface area contributed by atoms with E-state index in [0.717, 1.165) is 38.2 Å². The van der Waals surface area contributed by atoms with Crippen molar-refractivity contribution in [1.82, 2.24) is 10.3 Å². The highest BCUT2D eigenvalue weighted by molar-refractivity contribution is 7.09. The van der Waals surface area contributed by atoms with Gasteiger partial charge in [0.25, 0.3) is 0 Å². The average Bonchev–Trinajstić information content (AvgIpc) is 2.87. The molecule has 0 saturated heterocycles. The molecule has 1 aliphatic carbocycles. The van der Waals surface area contributed by atoms with Gasteiger partial charge in [-0.1, -0.05) is 26.2 Å². The second-order valence-electron chi connectivity index (χ2n) is 4.91. The van der Waals surface area contributed by atoms with Crippen LogP contribution in [0.25, 0.3) is 0 Å². The van der Waals surface area contributed by atoms with Crippen LogP contribution < -0.4 is 5.32 Å². The van der Waals surface area contributed by atoms with Gasteiger partial charge in [0.1, 0.15) is 10.6 Å². The van der Waals surface area contributed by atoms with Gasteiger partial charge in [-0.05, 0) is 26.3 Å². The zero-order chi connectivity index (χ0) is 12.8. The van der Waals surface area contributed by atoms with Crippen LogP contribution in [0.5, 0.6) is 0 Å². The summed E-state index contributed by atoms with van der Waals surface area (Å²) in [5.74, 6) is 0. The summed E-state index contributed by atoms with van der Waals surface area (Å²) in [6, 6.07) is 0. The maximum Gasteiger partial charge on any atom is 0.125 e. The molecule has 0 amide bonds. The molecule has 1 aromatic rings. The lowest BCUT2D eigenvalue weighted by molar-refractivity contribution is -0.0705. The van der Waals surface area contributed by atoms with Crippen LogP contribution in [0.4, 0.5) is 0 Å². The molecular formula is C14H24N2OS. The van der Waals surface area contributed by atoms with E-state index < -0.39 is 0 Å². The Hall–Kier alpha value is -0.450. The molecule has 0 atom stereocenters. The van der Waals surface area contributed by atoms with Crippen molar-refractivity contribution in [2.24, 2.45) is 0 Å². The van der Waals surface area contributed by atoms with E-state index in [-0.39, 0.29) is 5.60 Å². The van der Waals surface area contributed by atoms with Crippen LogP contribution in [-0.4, -0.2) is 18.1 Å². The summed E-state index contributed by atoms with van der Waals surface area (Å²) in [5, 5.41) is 6.69. The average molecular weight is 268 g/mol. The molecule has 1 heterocycles. The Morgan fingerprint density at radius 1 is 1.33 bits per heavy atom. The van der Waals surface area contributed by atoms with E-state index in [9.17, 15) is 0 Å². The van der Waals surface area contributed by atoms with Crippen molar-refractivity contribution in [1.29, 1.82) is 0 Å². The van der Waals surface area contributed by atoms with E-state index in [4.69, 9.17) is 9.72 Å². The Morgan fingerprint density at radius 3 is 2.78 bits per heavy atom. The molecular weight excluding hydrogens is 244 g/mol. The Bertz CT molecular complexity index is 353. The standard InChI is InChI=1S/C14H24N2OS/c1-3-15-10-12-11-18-13(16-12)14(17-4-2)8-6-5-7-9-14/h11,15H,3-10H2,1-2H3. The lowest BCUT2D eigenvalue weighted by atomic mass is 9.85. The topological polar surface area (TPSA) is 34.1 Å². The third-order valence-electron chi connectivity index (χ3n) is 3.58. The highest BCUT2D eigenvalue weighted by Crippen LogP contribution is 2.41. The van der Waals surface area contributed by atoms with Gasteiger partial charge in [0, 0.05) is 18.5 Å². The van der Waals surface area contributed by atoms with Crippen molar-refractivity contribution >= 4 is 11.3 Å². The molecule has 1 fully saturated rings. The van der Waals surface area contributed by atoms with Crippen molar-refractivity contribution in [3.8, 4) is 0 Å². The van der Waals surface area contributed by atoms with Gasteiger partial charge in [0.05, 0.1) is 5.69 Å². The zero-order valence-corrected chi connectivity index (χ0v) is 12.3. The van der Waals surface area contributed by atoms with Crippen LogP contribution in [0.3, 0.4) is 0 Å². The summed E-state index contributed by atoms with van der Waals surface area (Å²) in [5.41, 5.74) is 1.07. The summed E-state index contributed by atoms with van der Waals surface area (Å²) in [4.78, 5) is 4.79. The molecule has 0 aliphatic heterocycles. The van der Waals surface area contributed by atoms with Crippen molar-refractivity contribution in [2.45, 2.75) is 58.1 Å². The number of thiazole rings is 1. The molecule has 1 aliphatic rings. The molecule has 0 aromatic carbocycles. The first-order chi connectivity index (χ1) is 8.80. The van der Waals surface area contributed by atoms with Gasteiger partial charge in [0.2, 0.25) is 0 Å². The molecule has 1 aromatic heterocycles. The van der Waals surface area contributed by atoms with Crippen LogP contribution in [0.15, 0.2) is 5.38 Å². The predicted molar refractivity (Wildman–Crippen MR) is 75.9 cm³/mol. The number of nitrogens with zero attached hydrogens (tertiary/aromatic N) is 1. The summed E-state index contributed by atoms with van der Waals surface area (Å²) < 4.78 is 6.10. The van der Waals surface area contributed by atoms with Gasteiger partial charge >= 0.3 is 0 Å². The monoisotopic (exact) mass is 268 g/mol. The summed E-state index contributed by atoms with van der Waals surface area (Å²) in [6.45, 7) is 6.85. The lowest BCUT2D eigenvalue weighted by Gasteiger charge is -2.35. The molecule has 1 N–H and O–H groups in total. The van der Waals surface area contributed by atoms with E-state index in [1.54, 1.807) is 11.3 Å². The van der Waals surface area contributed by atoms with E-state index >= 15 is 0 Å². The first-order valence-corrected chi connectivity index (χ1v) is 7.98. The summed E-state index contributed by atoms with van der Waals surface area (Å²) >= 11 is 1.77. The number of hydrogen-bond acceptors (Lipinski definition) is 4. The smallest absolute Gasteiger partial charge is 0.125 e. The van der Waals surface area contributed by atoms with Gasteiger partial charge in [-0.3, -0.25) is 0 Å². The number of hydrogen-bond donors (Lipinski definition) is 1. The number of rotatable bonds is 6. The van der Waals surface area contributed by atoms with Crippen LogP contribution >= 0.6 is 11.3 Å². The molecule has 2 rings (SSSR count). The van der Waals surface area contributed by atoms with E-state index in [1.807, 2.05) is 0 Å². The minimum absolute atomic E-state index is 0.0812. The largest absolute Gasteiger partial charge is 0.368 e. The summed E-state index contributed by atoms with van der Waals surface area (Å²) in [6.07, 6.45) is 6.14. The number of nitrogens with one attached hydrogen (secondary N) is 1. The second kappa shape index (κ2) is 6.64. The first kappa shape index (κ1) is 14.0. The first-order valence-electron chi connectivity index (χ1n) is 7.10. The number of aromatic nitrogens is 1. The Kier molecular flexibility index (Phi) is 5.15. The second-order valence-corrected chi connectivity index (χ2v) is 5.77. The fourth-order valence-corrected chi connectivity index (χ4v) is 3.70. The maximum absolute atomic E-state index is 6.10. The lowest BCUT2D eigenvalue weighted by Crippen LogP contribution is -2.32. The maximum atomic E-state index is 6.10. The quantitative estimate of drug-likeness (QED) is 0.858. The van der Waals surface area contributed by atoms with Crippen molar-refractivity contribution in [3.63, 3.8) is 0 Å². The minimum atomic E-state index is -0.0812. The fraction of sp³-hybridized carbons (Fsp3) is 0.786. The van der Waals surface area contributed by atoms with Gasteiger partial charge < -0.3 is 10.1 Å². The van der Waals surface area contributed by atoms with Crippen molar-refractivity contribution in [3.05, 3.63) is 16.1 Å². The minimum Gasteiger partial charge on any atom is -0.368 e. The molecule has 0 spiro atoms. The molecule has 1 saturated carbocycles. The third-order valence-corrected chi connectivity index (χ3v) is 4.66. The van der Waals surface area contributed by atoms with Gasteiger partial charge in [-0.15, -0.1) is 11.3 Å². The molecule has 18 heavy (non-hydrogen) atoms. The molecule has 0 radical (unpaired) electrons. The molecule has 4 heteroatoms. The van der Waals surface area contributed by atoms with Crippen LogP contribution in [0, 0.1) is 0 Å². The Balaban J connectivity index is 2.12. The Morgan fingerprint density at radius 2 is 2.11 bits per heavy atom. The van der Waals surface area contributed by atoms with Gasteiger partial charge in [-0.25, -0.2) is 4.98 Å². The van der Waals surface area contributed by atoms with E-state index in [0.29, 0.717) is 0 Å². The van der Waals surface area contributed by atoms with E-state index in [2.05, 4.69) is 24.5 Å². The number of ether oxygens (including phenoxy) is 1. The highest BCUT2D eigenvalue weighted by Gasteiger charge is 2.37. The fourth-order valence-electron chi connectivity index (χ4n) is 2.67. The van der Waals surface area contributed by atoms with Gasteiger partial charge in [-0.2, -0.15) is 0 Å². The van der Waals surface area contributed by atoms with Gasteiger partial charge in [0.15, 0.2) is 0 Å². The molecule has 0 bridgehead atoms. The van der Waals surface area contributed by atoms with Crippen LogP contribution in [-0.2, 0) is 16.9 Å². The Labute approximate surface area is 114 Å². The van der Waals surface area contributed by atoms with Crippen LogP contribution in [0.1, 0.15) is 56.7 Å². The highest BCUT2D eigenvalue weighted by atomic mass is 32.1. The van der Waals surface area contributed by atoms with E-state index in [1.165, 1.54) is 24.3 Å². The normalized spacial score (nSPS) is 19.0. The summed E-state index contributed by atoms with van der Waals surface area (Å²) in [7, 11) is 0. The molecule has 0 unspecified atom stereocenters. The zero-order valence-electron chi connectivity index (χ0n) is 11.5. The van der Waals surface area contributed by atoms with Crippen LogP contribution in [0.2, 0.25) is 0 Å². The van der Waals surface area contributed by atoms with Crippen molar-refractivity contribution < 1.29 is 4.74 Å². The molecule has 3 nitrogen and oxygen atoms in total. The molecule has 102 valence electrons.